The summed E-state index contributed by atoms with van der Waals surface area (Å²) in [5.74, 6) is -1.86. The van der Waals surface area contributed by atoms with Crippen LogP contribution in [0.2, 0.25) is 0 Å². The maximum atomic E-state index is 13.4. The molecule has 1 fully saturated rings. The number of carbonyl (C=O) groups is 2. The van der Waals surface area contributed by atoms with E-state index < -0.39 is 27.9 Å². The molecule has 37 heavy (non-hydrogen) atoms. The second-order valence-corrected chi connectivity index (χ2v) is 12.2. The van der Waals surface area contributed by atoms with E-state index in [2.05, 4.69) is 10.3 Å². The highest BCUT2D eigenvalue weighted by Crippen LogP contribution is 2.28. The SMILES string of the molecule is CC1Cc2nc(C(=O)N3CCN(S(=O)(=O)c4ccc5cc(C(=N)N)ccc5c4)CC3C(=O)O)sc2CN1. The predicted molar refractivity (Wildman–Crippen MR) is 138 cm³/mol. The van der Waals surface area contributed by atoms with Gasteiger partial charge in [-0.05, 0) is 35.9 Å². The van der Waals surface area contributed by atoms with Gasteiger partial charge in [-0.2, -0.15) is 4.31 Å². The average Bonchev–Trinajstić information content (AvgIpc) is 3.30. The Morgan fingerprint density at radius 1 is 1.19 bits per heavy atom. The van der Waals surface area contributed by atoms with Gasteiger partial charge in [-0.3, -0.25) is 10.2 Å². The van der Waals surface area contributed by atoms with Crippen LogP contribution < -0.4 is 11.1 Å². The maximum absolute atomic E-state index is 13.4. The number of nitrogens with one attached hydrogen (secondary N) is 2. The number of benzene rings is 2. The Balaban J connectivity index is 1.38. The van der Waals surface area contributed by atoms with Gasteiger partial charge in [0, 0.05) is 49.1 Å². The number of fused-ring (bicyclic) bond motifs is 2. The summed E-state index contributed by atoms with van der Waals surface area (Å²) in [5.41, 5.74) is 6.91. The van der Waals surface area contributed by atoms with Gasteiger partial charge in [0.05, 0.1) is 10.6 Å². The lowest BCUT2D eigenvalue weighted by Gasteiger charge is -2.38. The molecule has 194 valence electrons. The van der Waals surface area contributed by atoms with Crippen LogP contribution in [0.15, 0.2) is 41.3 Å². The van der Waals surface area contributed by atoms with Crippen LogP contribution in [0.4, 0.5) is 0 Å². The lowest BCUT2D eigenvalue weighted by Crippen LogP contribution is -2.59. The first-order valence-corrected chi connectivity index (χ1v) is 13.9. The van der Waals surface area contributed by atoms with Gasteiger partial charge in [0.15, 0.2) is 5.01 Å². The second-order valence-electron chi connectivity index (χ2n) is 9.23. The third kappa shape index (κ3) is 4.70. The number of rotatable bonds is 5. The van der Waals surface area contributed by atoms with Crippen LogP contribution in [0.25, 0.3) is 10.8 Å². The largest absolute Gasteiger partial charge is 0.480 e. The van der Waals surface area contributed by atoms with Crippen LogP contribution in [0.1, 0.15) is 32.9 Å². The molecule has 2 unspecified atom stereocenters. The quantitative estimate of drug-likeness (QED) is 0.275. The number of piperazine rings is 1. The fourth-order valence-electron chi connectivity index (χ4n) is 4.66. The minimum atomic E-state index is -4.02. The topological polar surface area (TPSA) is 170 Å². The van der Waals surface area contributed by atoms with Crippen molar-refractivity contribution in [3.05, 3.63) is 57.5 Å². The Labute approximate surface area is 217 Å². The molecule has 5 rings (SSSR count). The van der Waals surface area contributed by atoms with Crippen LogP contribution in [0.3, 0.4) is 0 Å². The Morgan fingerprint density at radius 3 is 2.65 bits per heavy atom. The second kappa shape index (κ2) is 9.49. The van der Waals surface area contributed by atoms with Crippen LogP contribution in [-0.4, -0.2) is 77.1 Å². The molecule has 0 saturated carbocycles. The Morgan fingerprint density at radius 2 is 1.92 bits per heavy atom. The predicted octanol–water partition coefficient (Wildman–Crippen LogP) is 1.21. The number of carboxylic acid groups (broad SMARTS) is 1. The molecule has 1 aromatic heterocycles. The summed E-state index contributed by atoms with van der Waals surface area (Å²) in [6.45, 7) is 2.17. The van der Waals surface area contributed by atoms with Crippen LogP contribution in [0, 0.1) is 5.41 Å². The molecule has 0 radical (unpaired) electrons. The monoisotopic (exact) mass is 542 g/mol. The summed E-state index contributed by atoms with van der Waals surface area (Å²) in [4.78, 5) is 32.1. The number of nitrogens with two attached hydrogens (primary N) is 1. The lowest BCUT2D eigenvalue weighted by atomic mass is 10.1. The zero-order valence-corrected chi connectivity index (χ0v) is 21.6. The summed E-state index contributed by atoms with van der Waals surface area (Å²) in [5, 5.41) is 22.4. The number of nitrogens with zero attached hydrogens (tertiary/aromatic N) is 3. The third-order valence-corrected chi connectivity index (χ3v) is 9.67. The van der Waals surface area contributed by atoms with Crippen molar-refractivity contribution in [1.29, 1.82) is 5.41 Å². The molecule has 1 amide bonds. The Hall–Kier alpha value is -3.39. The summed E-state index contributed by atoms with van der Waals surface area (Å²) in [6.07, 6.45) is 0.690. The van der Waals surface area contributed by atoms with Crippen LogP contribution in [0.5, 0.6) is 0 Å². The number of nitrogen functional groups attached to an aromatic ring is 1. The van der Waals surface area contributed by atoms with Gasteiger partial charge in [-0.15, -0.1) is 11.3 Å². The maximum Gasteiger partial charge on any atom is 0.327 e. The van der Waals surface area contributed by atoms with Crippen molar-refractivity contribution in [3.63, 3.8) is 0 Å². The zero-order chi connectivity index (χ0) is 26.5. The normalized spacial score (nSPS) is 20.5. The smallest absolute Gasteiger partial charge is 0.327 e. The van der Waals surface area contributed by atoms with Crippen molar-refractivity contribution in [1.82, 2.24) is 19.5 Å². The highest BCUT2D eigenvalue weighted by Gasteiger charge is 2.41. The molecule has 0 spiro atoms. The van der Waals surface area contributed by atoms with Gasteiger partial charge >= 0.3 is 5.97 Å². The molecule has 2 atom stereocenters. The van der Waals surface area contributed by atoms with Crippen LogP contribution in [-0.2, 0) is 27.8 Å². The summed E-state index contributed by atoms with van der Waals surface area (Å²) < 4.78 is 28.0. The van der Waals surface area contributed by atoms with E-state index in [0.29, 0.717) is 23.9 Å². The number of hydrogen-bond acceptors (Lipinski definition) is 8. The van der Waals surface area contributed by atoms with E-state index in [9.17, 15) is 23.1 Å². The summed E-state index contributed by atoms with van der Waals surface area (Å²) >= 11 is 1.25. The molecule has 0 aliphatic carbocycles. The highest BCUT2D eigenvalue weighted by molar-refractivity contribution is 7.89. The molecule has 2 aliphatic heterocycles. The van der Waals surface area contributed by atoms with E-state index in [0.717, 1.165) is 20.3 Å². The summed E-state index contributed by atoms with van der Waals surface area (Å²) in [6, 6.07) is 8.51. The molecule has 2 aromatic carbocycles. The molecule has 3 aromatic rings. The zero-order valence-electron chi connectivity index (χ0n) is 20.0. The van der Waals surface area contributed by atoms with Gasteiger partial charge in [0.1, 0.15) is 11.9 Å². The molecule has 3 heterocycles. The van der Waals surface area contributed by atoms with E-state index in [-0.39, 0.29) is 41.4 Å². The van der Waals surface area contributed by atoms with Gasteiger partial charge in [0.25, 0.3) is 5.91 Å². The standard InChI is InChI=1S/C24H26N6O5S2/c1-13-8-18-20(11-27-13)36-22(28-18)23(31)30-7-6-29(12-19(30)24(32)33)37(34,35)17-5-4-14-9-16(21(25)26)3-2-15(14)10-17/h2-5,9-10,13,19,27H,6-8,11-12H2,1H3,(H3,25,26)(H,32,33). The average molecular weight is 543 g/mol. The van der Waals surface area contributed by atoms with Gasteiger partial charge < -0.3 is 21.1 Å². The van der Waals surface area contributed by atoms with Crippen molar-refractivity contribution in [2.45, 2.75) is 36.9 Å². The molecular weight excluding hydrogens is 516 g/mol. The van der Waals surface area contributed by atoms with E-state index in [1.54, 1.807) is 24.3 Å². The lowest BCUT2D eigenvalue weighted by molar-refractivity contribution is -0.143. The number of carboxylic acids is 1. The minimum Gasteiger partial charge on any atom is -0.480 e. The molecule has 11 nitrogen and oxygen atoms in total. The first-order valence-electron chi connectivity index (χ1n) is 11.7. The number of aromatic nitrogens is 1. The first-order chi connectivity index (χ1) is 17.5. The van der Waals surface area contributed by atoms with E-state index >= 15 is 0 Å². The van der Waals surface area contributed by atoms with E-state index in [1.807, 2.05) is 6.92 Å². The fraction of sp³-hybridized carbons (Fsp3) is 0.333. The Bertz CT molecular complexity index is 1540. The number of hydrogen-bond donors (Lipinski definition) is 4. The van der Waals surface area contributed by atoms with Gasteiger partial charge in [-0.25, -0.2) is 18.2 Å². The van der Waals surface area contributed by atoms with Crippen molar-refractivity contribution < 1.29 is 23.1 Å². The van der Waals surface area contributed by atoms with E-state index in [1.165, 1.54) is 28.4 Å². The van der Waals surface area contributed by atoms with Gasteiger partial charge in [0.2, 0.25) is 10.0 Å². The van der Waals surface area contributed by atoms with Crippen molar-refractivity contribution in [2.75, 3.05) is 19.6 Å². The van der Waals surface area contributed by atoms with E-state index in [4.69, 9.17) is 11.1 Å². The van der Waals surface area contributed by atoms with Crippen molar-refractivity contribution >= 4 is 49.8 Å². The molecule has 1 saturated heterocycles. The first kappa shape index (κ1) is 25.3. The number of amidine groups is 1. The number of sulfonamides is 1. The highest BCUT2D eigenvalue weighted by atomic mass is 32.2. The Kier molecular flexibility index (Phi) is 6.48. The number of carbonyl (C=O) groups excluding carboxylic acids is 1. The summed E-state index contributed by atoms with van der Waals surface area (Å²) in [7, 11) is -4.02. The molecule has 13 heteroatoms. The molecule has 0 bridgehead atoms. The number of aliphatic carboxylic acids is 1. The van der Waals surface area contributed by atoms with Crippen molar-refractivity contribution in [2.24, 2.45) is 5.73 Å². The number of amides is 1. The third-order valence-electron chi connectivity index (χ3n) is 6.72. The molecule has 2 aliphatic rings. The van der Waals surface area contributed by atoms with Crippen molar-refractivity contribution in [3.8, 4) is 0 Å². The molecular formula is C24H26N6O5S2. The molecule has 5 N–H and O–H groups in total. The fourth-order valence-corrected chi connectivity index (χ4v) is 7.13. The minimum absolute atomic E-state index is 0.0220. The van der Waals surface area contributed by atoms with Gasteiger partial charge in [-0.1, -0.05) is 18.2 Å². The van der Waals surface area contributed by atoms with Crippen LogP contribution >= 0.6 is 11.3 Å². The number of thiazole rings is 1.